The zero-order valence-electron chi connectivity index (χ0n) is 11.1. The number of nitrogens with one attached hydrogen (secondary N) is 1. The van der Waals surface area contributed by atoms with Gasteiger partial charge in [0.15, 0.2) is 5.13 Å². The molecule has 0 amide bonds. The minimum absolute atomic E-state index is 0.309. The lowest BCUT2D eigenvalue weighted by atomic mass is 10.1. The lowest BCUT2D eigenvalue weighted by Gasteiger charge is -2.02. The maximum absolute atomic E-state index is 12.0. The van der Waals surface area contributed by atoms with Gasteiger partial charge in [-0.3, -0.25) is 0 Å². The first kappa shape index (κ1) is 14.0. The van der Waals surface area contributed by atoms with E-state index in [0.717, 1.165) is 5.56 Å². The van der Waals surface area contributed by atoms with Gasteiger partial charge in [-0.25, -0.2) is 9.78 Å². The zero-order chi connectivity index (χ0) is 14.5. The molecule has 0 saturated heterocycles. The third-order valence-electron chi connectivity index (χ3n) is 2.57. The van der Waals surface area contributed by atoms with Crippen LogP contribution in [0.5, 0.6) is 0 Å². The van der Waals surface area contributed by atoms with E-state index in [0.29, 0.717) is 27.9 Å². The minimum Gasteiger partial charge on any atom is -0.462 e. The quantitative estimate of drug-likeness (QED) is 0.875. The summed E-state index contributed by atoms with van der Waals surface area (Å²) < 4.78 is 5.04. The number of nitrogens with zero attached hydrogens (tertiary/aromatic N) is 2. The molecule has 1 aromatic carbocycles. The molecule has 0 spiro atoms. The molecule has 2 rings (SSSR count). The molecule has 102 valence electrons. The summed E-state index contributed by atoms with van der Waals surface area (Å²) in [5.41, 5.74) is 1.79. The van der Waals surface area contributed by atoms with Crippen molar-refractivity contribution in [1.82, 2.24) is 4.98 Å². The van der Waals surface area contributed by atoms with Crippen molar-refractivity contribution >= 4 is 22.4 Å². The molecule has 20 heavy (non-hydrogen) atoms. The molecule has 0 bridgehead atoms. The van der Waals surface area contributed by atoms with Crippen molar-refractivity contribution in [2.75, 3.05) is 19.0 Å². The van der Waals surface area contributed by atoms with E-state index in [4.69, 9.17) is 10.00 Å². The van der Waals surface area contributed by atoms with Crippen molar-refractivity contribution in [3.8, 4) is 17.3 Å². The highest BCUT2D eigenvalue weighted by Crippen LogP contribution is 2.31. The lowest BCUT2D eigenvalue weighted by molar-refractivity contribution is 0.0532. The number of hydrogen-bond donors (Lipinski definition) is 1. The molecule has 0 aliphatic rings. The summed E-state index contributed by atoms with van der Waals surface area (Å²) in [5, 5.41) is 12.5. The van der Waals surface area contributed by atoms with Crippen LogP contribution in [0.1, 0.15) is 22.2 Å². The van der Waals surface area contributed by atoms with Gasteiger partial charge in [0.05, 0.1) is 23.9 Å². The summed E-state index contributed by atoms with van der Waals surface area (Å²) in [5.74, 6) is -0.399. The predicted molar refractivity (Wildman–Crippen MR) is 77.8 cm³/mol. The number of nitriles is 1. The van der Waals surface area contributed by atoms with Gasteiger partial charge in [0.2, 0.25) is 0 Å². The summed E-state index contributed by atoms with van der Waals surface area (Å²) in [6.07, 6.45) is 0. The van der Waals surface area contributed by atoms with Crippen molar-refractivity contribution in [2.45, 2.75) is 6.92 Å². The van der Waals surface area contributed by atoms with Crippen molar-refractivity contribution < 1.29 is 9.53 Å². The molecule has 1 aromatic heterocycles. The van der Waals surface area contributed by atoms with Gasteiger partial charge in [0.1, 0.15) is 4.88 Å². The fraction of sp³-hybridized carbons (Fsp3) is 0.214. The molecular formula is C14H13N3O2S. The SMILES string of the molecule is CCOC(=O)c1sc(NC)nc1-c1cccc(C#N)c1. The Morgan fingerprint density at radius 2 is 2.35 bits per heavy atom. The number of rotatable bonds is 4. The Balaban J connectivity index is 2.51. The van der Waals surface area contributed by atoms with Gasteiger partial charge in [0, 0.05) is 12.6 Å². The number of ether oxygens (including phenoxy) is 1. The molecule has 0 unspecified atom stereocenters. The summed E-state index contributed by atoms with van der Waals surface area (Å²) >= 11 is 1.24. The van der Waals surface area contributed by atoms with E-state index in [-0.39, 0.29) is 0 Å². The standard InChI is InChI=1S/C14H13N3O2S/c1-3-19-13(18)12-11(17-14(16-2)20-12)10-6-4-5-9(7-10)8-15/h4-7H,3H2,1-2H3,(H,16,17). The van der Waals surface area contributed by atoms with Gasteiger partial charge in [-0.2, -0.15) is 5.26 Å². The highest BCUT2D eigenvalue weighted by molar-refractivity contribution is 7.17. The molecule has 6 heteroatoms. The number of benzene rings is 1. The van der Waals surface area contributed by atoms with Crippen LogP contribution in [0, 0.1) is 11.3 Å². The second-order valence-electron chi connectivity index (χ2n) is 3.86. The third-order valence-corrected chi connectivity index (χ3v) is 3.62. The molecule has 2 aromatic rings. The van der Waals surface area contributed by atoms with Gasteiger partial charge in [-0.1, -0.05) is 23.5 Å². The van der Waals surface area contributed by atoms with E-state index in [2.05, 4.69) is 16.4 Å². The van der Waals surface area contributed by atoms with Crippen LogP contribution in [0.25, 0.3) is 11.3 Å². The van der Waals surface area contributed by atoms with Gasteiger partial charge >= 0.3 is 5.97 Å². The van der Waals surface area contributed by atoms with Crippen LogP contribution in [0.2, 0.25) is 0 Å². The van der Waals surface area contributed by atoms with Crippen LogP contribution in [0.15, 0.2) is 24.3 Å². The van der Waals surface area contributed by atoms with E-state index < -0.39 is 5.97 Å². The number of thiazole rings is 1. The Hall–Kier alpha value is -2.39. The molecule has 5 nitrogen and oxygen atoms in total. The van der Waals surface area contributed by atoms with E-state index in [9.17, 15) is 4.79 Å². The van der Waals surface area contributed by atoms with E-state index in [1.807, 2.05) is 6.07 Å². The molecular weight excluding hydrogens is 274 g/mol. The average molecular weight is 287 g/mol. The van der Waals surface area contributed by atoms with Crippen molar-refractivity contribution in [3.63, 3.8) is 0 Å². The molecule has 0 saturated carbocycles. The van der Waals surface area contributed by atoms with Gasteiger partial charge in [0.25, 0.3) is 0 Å². The zero-order valence-corrected chi connectivity index (χ0v) is 12.0. The first-order valence-corrected chi connectivity index (χ1v) is 6.87. The van der Waals surface area contributed by atoms with Gasteiger partial charge in [-0.05, 0) is 19.1 Å². The normalized spacial score (nSPS) is 9.85. The molecule has 0 atom stereocenters. The minimum atomic E-state index is -0.399. The fourth-order valence-electron chi connectivity index (χ4n) is 1.69. The molecule has 0 aliphatic heterocycles. The van der Waals surface area contributed by atoms with E-state index in [1.165, 1.54) is 11.3 Å². The topological polar surface area (TPSA) is 75.0 Å². The molecule has 0 aliphatic carbocycles. The average Bonchev–Trinajstić information content (AvgIpc) is 2.92. The van der Waals surface area contributed by atoms with Crippen molar-refractivity contribution in [2.24, 2.45) is 0 Å². The van der Waals surface area contributed by atoms with Crippen LogP contribution in [0.4, 0.5) is 5.13 Å². The van der Waals surface area contributed by atoms with Crippen molar-refractivity contribution in [1.29, 1.82) is 5.26 Å². The number of anilines is 1. The molecule has 0 radical (unpaired) electrons. The maximum atomic E-state index is 12.0. The Bertz CT molecular complexity index is 673. The Morgan fingerprint density at radius 3 is 3.00 bits per heavy atom. The third kappa shape index (κ3) is 2.78. The Labute approximate surface area is 120 Å². The maximum Gasteiger partial charge on any atom is 0.350 e. The highest BCUT2D eigenvalue weighted by Gasteiger charge is 2.20. The molecule has 0 fully saturated rings. The fourth-order valence-corrected chi connectivity index (χ4v) is 2.53. The number of carbonyl (C=O) groups is 1. The monoisotopic (exact) mass is 287 g/mol. The van der Waals surface area contributed by atoms with E-state index in [1.54, 1.807) is 32.2 Å². The number of esters is 1. The second kappa shape index (κ2) is 6.17. The summed E-state index contributed by atoms with van der Waals surface area (Å²) in [6, 6.07) is 9.07. The summed E-state index contributed by atoms with van der Waals surface area (Å²) in [7, 11) is 1.74. The van der Waals surface area contributed by atoms with Crippen LogP contribution >= 0.6 is 11.3 Å². The van der Waals surface area contributed by atoms with Crippen LogP contribution in [-0.4, -0.2) is 24.6 Å². The Kier molecular flexibility index (Phi) is 4.33. The lowest BCUT2D eigenvalue weighted by Crippen LogP contribution is -2.04. The number of hydrogen-bond acceptors (Lipinski definition) is 6. The molecule has 1 heterocycles. The first-order valence-electron chi connectivity index (χ1n) is 6.05. The Morgan fingerprint density at radius 1 is 1.55 bits per heavy atom. The van der Waals surface area contributed by atoms with Crippen molar-refractivity contribution in [3.05, 3.63) is 34.7 Å². The smallest absolute Gasteiger partial charge is 0.350 e. The highest BCUT2D eigenvalue weighted by atomic mass is 32.1. The van der Waals surface area contributed by atoms with Crippen LogP contribution in [0.3, 0.4) is 0 Å². The predicted octanol–water partition coefficient (Wildman–Crippen LogP) is 2.90. The van der Waals surface area contributed by atoms with Gasteiger partial charge < -0.3 is 10.1 Å². The van der Waals surface area contributed by atoms with E-state index >= 15 is 0 Å². The first-order chi connectivity index (χ1) is 9.69. The largest absolute Gasteiger partial charge is 0.462 e. The number of carbonyl (C=O) groups excluding carboxylic acids is 1. The van der Waals surface area contributed by atoms with Crippen LogP contribution in [-0.2, 0) is 4.74 Å². The summed E-state index contributed by atoms with van der Waals surface area (Å²) in [4.78, 5) is 16.8. The molecule has 1 N–H and O–H groups in total. The van der Waals surface area contributed by atoms with Gasteiger partial charge in [-0.15, -0.1) is 0 Å². The second-order valence-corrected chi connectivity index (χ2v) is 4.86. The van der Waals surface area contributed by atoms with Crippen LogP contribution < -0.4 is 5.32 Å². The number of aromatic nitrogens is 1. The summed E-state index contributed by atoms with van der Waals surface area (Å²) in [6.45, 7) is 2.07.